The van der Waals surface area contributed by atoms with Gasteiger partial charge in [0.2, 0.25) is 5.95 Å². The lowest BCUT2D eigenvalue weighted by molar-refractivity contribution is 0.475. The first kappa shape index (κ1) is 10.7. The lowest BCUT2D eigenvalue weighted by Gasteiger charge is -2.07. The fraction of sp³-hybridized carbons (Fsp3) is 0.0714. The Kier molecular flexibility index (Phi) is 2.23. The zero-order chi connectivity index (χ0) is 12.7. The van der Waals surface area contributed by atoms with Gasteiger partial charge in [-0.3, -0.25) is 4.57 Å². The Morgan fingerprint density at radius 3 is 2.78 bits per heavy atom. The van der Waals surface area contributed by atoms with Crippen LogP contribution in [-0.2, 0) is 0 Å². The van der Waals surface area contributed by atoms with E-state index in [1.165, 1.54) is 0 Å². The smallest absolute Gasteiger partial charge is 0.205 e. The molecule has 4 heteroatoms. The molecule has 3 aromatic rings. The fourth-order valence-electron chi connectivity index (χ4n) is 2.11. The maximum Gasteiger partial charge on any atom is 0.205 e. The number of aromatic hydroxyl groups is 1. The second kappa shape index (κ2) is 3.77. The Morgan fingerprint density at radius 1 is 1.17 bits per heavy atom. The molecule has 0 aliphatic carbocycles. The SMILES string of the molecule is Cc1ccc2nc(N)n(-c3cccc(O)c3)c2c1. The lowest BCUT2D eigenvalue weighted by Crippen LogP contribution is -2.00. The van der Waals surface area contributed by atoms with Crippen LogP contribution in [0.1, 0.15) is 5.56 Å². The van der Waals surface area contributed by atoms with Crippen LogP contribution in [-0.4, -0.2) is 14.7 Å². The number of phenolic OH excluding ortho intramolecular Hbond substituents is 1. The highest BCUT2D eigenvalue weighted by atomic mass is 16.3. The first-order chi connectivity index (χ1) is 8.65. The van der Waals surface area contributed by atoms with E-state index in [4.69, 9.17) is 5.73 Å². The molecule has 0 saturated heterocycles. The molecule has 1 aromatic heterocycles. The van der Waals surface area contributed by atoms with Gasteiger partial charge in [-0.2, -0.15) is 0 Å². The Bertz CT molecular complexity index is 731. The van der Waals surface area contributed by atoms with Crippen LogP contribution >= 0.6 is 0 Å². The maximum atomic E-state index is 9.55. The van der Waals surface area contributed by atoms with E-state index >= 15 is 0 Å². The van der Waals surface area contributed by atoms with Crippen LogP contribution in [0.15, 0.2) is 42.5 Å². The van der Waals surface area contributed by atoms with E-state index in [1.54, 1.807) is 18.2 Å². The summed E-state index contributed by atoms with van der Waals surface area (Å²) >= 11 is 0. The van der Waals surface area contributed by atoms with Crippen molar-refractivity contribution in [3.05, 3.63) is 48.0 Å². The minimum atomic E-state index is 0.210. The molecule has 0 saturated carbocycles. The third-order valence-corrected chi connectivity index (χ3v) is 2.92. The first-order valence-electron chi connectivity index (χ1n) is 5.69. The average Bonchev–Trinajstić information content (AvgIpc) is 2.64. The van der Waals surface area contributed by atoms with E-state index in [0.717, 1.165) is 22.3 Å². The molecule has 3 N–H and O–H groups in total. The van der Waals surface area contributed by atoms with Gasteiger partial charge in [0.25, 0.3) is 0 Å². The molecule has 0 aliphatic rings. The molecule has 1 heterocycles. The van der Waals surface area contributed by atoms with Gasteiger partial charge in [0, 0.05) is 6.07 Å². The van der Waals surface area contributed by atoms with E-state index in [9.17, 15) is 5.11 Å². The van der Waals surface area contributed by atoms with Gasteiger partial charge in [-0.25, -0.2) is 4.98 Å². The quantitative estimate of drug-likeness (QED) is 0.686. The van der Waals surface area contributed by atoms with Crippen molar-refractivity contribution >= 4 is 17.0 Å². The molecule has 0 atom stereocenters. The zero-order valence-corrected chi connectivity index (χ0v) is 9.96. The molecule has 90 valence electrons. The number of aryl methyl sites for hydroxylation is 1. The number of phenols is 1. The number of imidazole rings is 1. The van der Waals surface area contributed by atoms with Crippen molar-refractivity contribution in [1.82, 2.24) is 9.55 Å². The number of benzene rings is 2. The highest BCUT2D eigenvalue weighted by Gasteiger charge is 2.10. The molecule has 2 aromatic carbocycles. The summed E-state index contributed by atoms with van der Waals surface area (Å²) in [5.74, 6) is 0.627. The van der Waals surface area contributed by atoms with E-state index in [0.29, 0.717) is 5.95 Å². The van der Waals surface area contributed by atoms with Crippen LogP contribution in [0.2, 0.25) is 0 Å². The molecule has 3 rings (SSSR count). The number of hydrogen-bond acceptors (Lipinski definition) is 3. The molecule has 0 aliphatic heterocycles. The first-order valence-corrected chi connectivity index (χ1v) is 5.69. The number of nitrogens with two attached hydrogens (primary N) is 1. The second-order valence-electron chi connectivity index (χ2n) is 4.32. The minimum absolute atomic E-state index is 0.210. The summed E-state index contributed by atoms with van der Waals surface area (Å²) in [5, 5.41) is 9.55. The van der Waals surface area contributed by atoms with Crippen LogP contribution in [0.5, 0.6) is 5.75 Å². The normalized spacial score (nSPS) is 10.9. The van der Waals surface area contributed by atoms with Gasteiger partial charge in [-0.1, -0.05) is 12.1 Å². The maximum absolute atomic E-state index is 9.55. The molecule has 0 radical (unpaired) electrons. The summed E-state index contributed by atoms with van der Waals surface area (Å²) in [6, 6.07) is 12.9. The molecular weight excluding hydrogens is 226 g/mol. The van der Waals surface area contributed by atoms with Crippen molar-refractivity contribution in [2.75, 3.05) is 5.73 Å². The Labute approximate surface area is 104 Å². The summed E-state index contributed by atoms with van der Waals surface area (Å²) in [6.07, 6.45) is 0. The van der Waals surface area contributed by atoms with Crippen molar-refractivity contribution < 1.29 is 5.11 Å². The predicted octanol–water partition coefficient (Wildman–Crippen LogP) is 2.62. The summed E-state index contributed by atoms with van der Waals surface area (Å²) < 4.78 is 1.84. The number of anilines is 1. The van der Waals surface area contributed by atoms with Gasteiger partial charge in [-0.15, -0.1) is 0 Å². The van der Waals surface area contributed by atoms with Gasteiger partial charge >= 0.3 is 0 Å². The van der Waals surface area contributed by atoms with Gasteiger partial charge in [0.05, 0.1) is 16.7 Å². The number of fused-ring (bicyclic) bond motifs is 1. The Morgan fingerprint density at radius 2 is 2.00 bits per heavy atom. The lowest BCUT2D eigenvalue weighted by atomic mass is 10.2. The summed E-state index contributed by atoms with van der Waals surface area (Å²) in [4.78, 5) is 4.32. The predicted molar refractivity (Wildman–Crippen MR) is 71.9 cm³/mol. The van der Waals surface area contributed by atoms with E-state index in [-0.39, 0.29) is 5.75 Å². The Balaban J connectivity index is 2.34. The highest BCUT2D eigenvalue weighted by Crippen LogP contribution is 2.25. The Hall–Kier alpha value is -2.49. The molecular formula is C14H13N3O. The van der Waals surface area contributed by atoms with Crippen molar-refractivity contribution in [2.45, 2.75) is 6.92 Å². The van der Waals surface area contributed by atoms with Crippen LogP contribution in [0.3, 0.4) is 0 Å². The number of rotatable bonds is 1. The van der Waals surface area contributed by atoms with Gasteiger partial charge in [-0.05, 0) is 36.8 Å². The summed E-state index contributed by atoms with van der Waals surface area (Å²) in [7, 11) is 0. The largest absolute Gasteiger partial charge is 0.508 e. The average molecular weight is 239 g/mol. The van der Waals surface area contributed by atoms with E-state index < -0.39 is 0 Å². The summed E-state index contributed by atoms with van der Waals surface area (Å²) in [6.45, 7) is 2.02. The molecule has 4 nitrogen and oxygen atoms in total. The number of hydrogen-bond donors (Lipinski definition) is 2. The van der Waals surface area contributed by atoms with Crippen molar-refractivity contribution in [3.63, 3.8) is 0 Å². The number of aromatic nitrogens is 2. The standard InChI is InChI=1S/C14H13N3O/c1-9-5-6-12-13(7-9)17(14(15)16-12)10-3-2-4-11(18)8-10/h2-8,18H,1H3,(H2,15,16). The highest BCUT2D eigenvalue weighted by molar-refractivity contribution is 5.81. The summed E-state index contributed by atoms with van der Waals surface area (Å²) in [5.41, 5.74) is 9.70. The van der Waals surface area contributed by atoms with Crippen LogP contribution in [0.25, 0.3) is 16.7 Å². The van der Waals surface area contributed by atoms with E-state index in [2.05, 4.69) is 4.98 Å². The second-order valence-corrected chi connectivity index (χ2v) is 4.32. The monoisotopic (exact) mass is 239 g/mol. The van der Waals surface area contributed by atoms with Crippen LogP contribution < -0.4 is 5.73 Å². The van der Waals surface area contributed by atoms with Gasteiger partial charge < -0.3 is 10.8 Å². The minimum Gasteiger partial charge on any atom is -0.508 e. The van der Waals surface area contributed by atoms with Crippen LogP contribution in [0.4, 0.5) is 5.95 Å². The third kappa shape index (κ3) is 1.59. The zero-order valence-electron chi connectivity index (χ0n) is 9.96. The number of nitrogen functional groups attached to an aromatic ring is 1. The molecule has 0 spiro atoms. The van der Waals surface area contributed by atoms with Gasteiger partial charge in [0.1, 0.15) is 5.75 Å². The van der Waals surface area contributed by atoms with Crippen molar-refractivity contribution in [1.29, 1.82) is 0 Å². The van der Waals surface area contributed by atoms with E-state index in [1.807, 2.05) is 35.8 Å². The topological polar surface area (TPSA) is 64.1 Å². The fourth-order valence-corrected chi connectivity index (χ4v) is 2.11. The van der Waals surface area contributed by atoms with Crippen molar-refractivity contribution in [2.24, 2.45) is 0 Å². The molecule has 0 amide bonds. The molecule has 0 unspecified atom stereocenters. The number of nitrogens with zero attached hydrogens (tertiary/aromatic N) is 2. The van der Waals surface area contributed by atoms with Gasteiger partial charge in [0.15, 0.2) is 0 Å². The molecule has 0 bridgehead atoms. The van der Waals surface area contributed by atoms with Crippen LogP contribution in [0, 0.1) is 6.92 Å². The van der Waals surface area contributed by atoms with Crippen molar-refractivity contribution in [3.8, 4) is 11.4 Å². The molecule has 18 heavy (non-hydrogen) atoms. The third-order valence-electron chi connectivity index (χ3n) is 2.92. The molecule has 0 fully saturated rings.